The monoisotopic (exact) mass is 317 g/mol. The summed E-state index contributed by atoms with van der Waals surface area (Å²) < 4.78 is 5.40. The molecule has 1 aromatic rings. The minimum Gasteiger partial charge on any atom is -0.379 e. The maximum atomic E-state index is 12.0. The van der Waals surface area contributed by atoms with E-state index >= 15 is 0 Å². The molecule has 2 aliphatic rings. The summed E-state index contributed by atoms with van der Waals surface area (Å²) in [6.07, 6.45) is 2.48. The van der Waals surface area contributed by atoms with Gasteiger partial charge >= 0.3 is 6.03 Å². The zero-order valence-corrected chi connectivity index (χ0v) is 13.9. The van der Waals surface area contributed by atoms with E-state index in [2.05, 4.69) is 40.7 Å². The molecule has 0 aromatic heterocycles. The van der Waals surface area contributed by atoms with Crippen molar-refractivity contribution in [3.63, 3.8) is 0 Å². The van der Waals surface area contributed by atoms with Gasteiger partial charge in [-0.15, -0.1) is 0 Å². The van der Waals surface area contributed by atoms with E-state index in [9.17, 15) is 4.79 Å². The van der Waals surface area contributed by atoms with Crippen LogP contribution in [0.15, 0.2) is 24.3 Å². The van der Waals surface area contributed by atoms with E-state index in [1.807, 2.05) is 6.07 Å². The van der Waals surface area contributed by atoms with Crippen LogP contribution in [0.2, 0.25) is 0 Å². The molecule has 1 unspecified atom stereocenters. The highest BCUT2D eigenvalue weighted by molar-refractivity contribution is 5.74. The number of amides is 2. The van der Waals surface area contributed by atoms with Gasteiger partial charge in [-0.3, -0.25) is 4.90 Å². The Morgan fingerprint density at radius 3 is 2.65 bits per heavy atom. The van der Waals surface area contributed by atoms with Crippen molar-refractivity contribution < 1.29 is 9.53 Å². The molecule has 1 aromatic carbocycles. The Balaban J connectivity index is 1.51. The first-order valence-corrected chi connectivity index (χ1v) is 8.63. The Morgan fingerprint density at radius 2 is 1.96 bits per heavy atom. The number of carbonyl (C=O) groups is 1. The van der Waals surface area contributed by atoms with Crippen LogP contribution in [0, 0.1) is 5.92 Å². The summed E-state index contributed by atoms with van der Waals surface area (Å²) in [7, 11) is 0. The maximum Gasteiger partial charge on any atom is 0.315 e. The molecule has 1 saturated carbocycles. The lowest BCUT2D eigenvalue weighted by molar-refractivity contribution is 0.0341. The Morgan fingerprint density at radius 1 is 1.26 bits per heavy atom. The molecule has 1 atom stereocenters. The number of urea groups is 1. The first-order chi connectivity index (χ1) is 11.2. The Hall–Kier alpha value is -1.59. The average Bonchev–Trinajstić information content (AvgIpc) is 3.40. The predicted molar refractivity (Wildman–Crippen MR) is 90.1 cm³/mol. The molecule has 1 saturated heterocycles. The lowest BCUT2D eigenvalue weighted by Crippen LogP contribution is -2.41. The van der Waals surface area contributed by atoms with Crippen LogP contribution in [0.25, 0.3) is 0 Å². The van der Waals surface area contributed by atoms with Crippen LogP contribution in [0.3, 0.4) is 0 Å². The molecule has 2 amide bonds. The van der Waals surface area contributed by atoms with E-state index in [1.165, 1.54) is 24.0 Å². The third-order valence-corrected chi connectivity index (χ3v) is 4.74. The molecule has 1 aliphatic carbocycles. The van der Waals surface area contributed by atoms with Crippen LogP contribution in [-0.4, -0.2) is 43.3 Å². The molecule has 1 heterocycles. The number of hydrogen-bond acceptors (Lipinski definition) is 3. The number of nitrogens with one attached hydrogen (secondary N) is 2. The summed E-state index contributed by atoms with van der Waals surface area (Å²) in [5.74, 6) is 0.675. The van der Waals surface area contributed by atoms with E-state index < -0.39 is 0 Å². The Labute approximate surface area is 138 Å². The van der Waals surface area contributed by atoms with Gasteiger partial charge in [0.25, 0.3) is 0 Å². The lowest BCUT2D eigenvalue weighted by atomic mass is 10.1. The number of rotatable bonds is 6. The molecule has 3 rings (SSSR count). The van der Waals surface area contributed by atoms with Crippen molar-refractivity contribution in [3.05, 3.63) is 35.4 Å². The fourth-order valence-corrected chi connectivity index (χ4v) is 3.03. The van der Waals surface area contributed by atoms with E-state index in [4.69, 9.17) is 4.74 Å². The van der Waals surface area contributed by atoms with E-state index in [0.29, 0.717) is 12.5 Å². The van der Waals surface area contributed by atoms with Gasteiger partial charge in [0.1, 0.15) is 0 Å². The topological polar surface area (TPSA) is 53.6 Å². The number of nitrogens with zero attached hydrogens (tertiary/aromatic N) is 1. The van der Waals surface area contributed by atoms with Crippen molar-refractivity contribution in [1.29, 1.82) is 0 Å². The smallest absolute Gasteiger partial charge is 0.315 e. The standard InChI is InChI=1S/C18H27N3O2/c1-14(15-6-7-15)20-18(22)19-12-16-4-2-3-5-17(16)13-21-8-10-23-11-9-21/h2-5,14-15H,6-13H2,1H3,(H2,19,20,22). The minimum absolute atomic E-state index is 0.0643. The van der Waals surface area contributed by atoms with Crippen LogP contribution >= 0.6 is 0 Å². The highest BCUT2D eigenvalue weighted by Crippen LogP contribution is 2.32. The molecule has 5 heteroatoms. The second-order valence-electron chi connectivity index (χ2n) is 6.61. The summed E-state index contributed by atoms with van der Waals surface area (Å²) >= 11 is 0. The lowest BCUT2D eigenvalue weighted by Gasteiger charge is -2.27. The number of ether oxygens (including phenoxy) is 1. The van der Waals surface area contributed by atoms with Crippen molar-refractivity contribution in [1.82, 2.24) is 15.5 Å². The molecule has 0 radical (unpaired) electrons. The van der Waals surface area contributed by atoms with Gasteiger partial charge in [0.15, 0.2) is 0 Å². The van der Waals surface area contributed by atoms with Crippen molar-refractivity contribution in [2.75, 3.05) is 26.3 Å². The van der Waals surface area contributed by atoms with Crippen LogP contribution < -0.4 is 10.6 Å². The SMILES string of the molecule is CC(NC(=O)NCc1ccccc1CN1CCOCC1)C1CC1. The van der Waals surface area contributed by atoms with E-state index in [1.54, 1.807) is 0 Å². The normalized spacial score (nSPS) is 20.0. The van der Waals surface area contributed by atoms with Crippen LogP contribution in [0.1, 0.15) is 30.9 Å². The molecule has 2 fully saturated rings. The van der Waals surface area contributed by atoms with Crippen LogP contribution in [0.4, 0.5) is 4.79 Å². The molecule has 0 bridgehead atoms. The predicted octanol–water partition coefficient (Wildman–Crippen LogP) is 2.12. The molecular weight excluding hydrogens is 290 g/mol. The zero-order valence-electron chi connectivity index (χ0n) is 13.9. The molecule has 5 nitrogen and oxygen atoms in total. The number of hydrogen-bond donors (Lipinski definition) is 2. The Kier molecular flexibility index (Phi) is 5.51. The third-order valence-electron chi connectivity index (χ3n) is 4.74. The van der Waals surface area contributed by atoms with Gasteiger partial charge in [0, 0.05) is 32.2 Å². The number of morpholine rings is 1. The zero-order chi connectivity index (χ0) is 16.1. The summed E-state index contributed by atoms with van der Waals surface area (Å²) in [6.45, 7) is 7.14. The number of benzene rings is 1. The van der Waals surface area contributed by atoms with Gasteiger partial charge in [0.2, 0.25) is 0 Å². The number of carbonyl (C=O) groups excluding carboxylic acids is 1. The second kappa shape index (κ2) is 7.79. The largest absolute Gasteiger partial charge is 0.379 e. The van der Waals surface area contributed by atoms with Crippen molar-refractivity contribution >= 4 is 6.03 Å². The fraction of sp³-hybridized carbons (Fsp3) is 0.611. The van der Waals surface area contributed by atoms with Crippen LogP contribution in [0.5, 0.6) is 0 Å². The summed E-state index contributed by atoms with van der Waals surface area (Å²) in [5.41, 5.74) is 2.47. The highest BCUT2D eigenvalue weighted by atomic mass is 16.5. The summed E-state index contributed by atoms with van der Waals surface area (Å²) in [4.78, 5) is 14.4. The fourth-order valence-electron chi connectivity index (χ4n) is 3.03. The van der Waals surface area contributed by atoms with Gasteiger partial charge in [-0.1, -0.05) is 24.3 Å². The second-order valence-corrected chi connectivity index (χ2v) is 6.61. The summed E-state index contributed by atoms with van der Waals surface area (Å²) in [5, 5.41) is 6.03. The van der Waals surface area contributed by atoms with E-state index in [-0.39, 0.29) is 12.1 Å². The van der Waals surface area contributed by atoms with Crippen molar-refractivity contribution in [2.45, 2.75) is 38.9 Å². The third kappa shape index (κ3) is 4.94. The molecule has 2 N–H and O–H groups in total. The average molecular weight is 317 g/mol. The molecule has 126 valence electrons. The van der Waals surface area contributed by atoms with Crippen molar-refractivity contribution in [2.24, 2.45) is 5.92 Å². The van der Waals surface area contributed by atoms with Crippen molar-refractivity contribution in [3.8, 4) is 0 Å². The molecule has 0 spiro atoms. The van der Waals surface area contributed by atoms with Gasteiger partial charge in [0.05, 0.1) is 13.2 Å². The molecule has 23 heavy (non-hydrogen) atoms. The van der Waals surface area contributed by atoms with E-state index in [0.717, 1.165) is 32.8 Å². The maximum absolute atomic E-state index is 12.0. The molecular formula is C18H27N3O2. The first-order valence-electron chi connectivity index (χ1n) is 8.63. The van der Waals surface area contributed by atoms with Gasteiger partial charge in [-0.05, 0) is 36.8 Å². The van der Waals surface area contributed by atoms with Crippen LogP contribution in [-0.2, 0) is 17.8 Å². The Bertz CT molecular complexity index is 525. The van der Waals surface area contributed by atoms with Gasteiger partial charge < -0.3 is 15.4 Å². The summed E-state index contributed by atoms with van der Waals surface area (Å²) in [6, 6.07) is 8.56. The minimum atomic E-state index is -0.0643. The first kappa shape index (κ1) is 16.3. The van der Waals surface area contributed by atoms with Gasteiger partial charge in [-0.2, -0.15) is 0 Å². The quantitative estimate of drug-likeness (QED) is 0.845. The molecule has 1 aliphatic heterocycles. The van der Waals surface area contributed by atoms with Gasteiger partial charge in [-0.25, -0.2) is 4.79 Å². The highest BCUT2D eigenvalue weighted by Gasteiger charge is 2.28.